The van der Waals surface area contributed by atoms with Crippen molar-refractivity contribution in [3.8, 4) is 0 Å². The summed E-state index contributed by atoms with van der Waals surface area (Å²) >= 11 is 0. The molecular formula is C32H50N2O4. The van der Waals surface area contributed by atoms with Crippen molar-refractivity contribution in [1.82, 2.24) is 10.8 Å². The molecular weight excluding hydrogens is 476 g/mol. The van der Waals surface area contributed by atoms with Crippen LogP contribution in [0.1, 0.15) is 113 Å². The maximum absolute atomic E-state index is 14.4. The van der Waals surface area contributed by atoms with Crippen LogP contribution in [0.3, 0.4) is 0 Å². The predicted molar refractivity (Wildman–Crippen MR) is 147 cm³/mol. The van der Waals surface area contributed by atoms with E-state index < -0.39 is 5.41 Å². The maximum Gasteiger partial charge on any atom is 0.249 e. The summed E-state index contributed by atoms with van der Waals surface area (Å²) in [5.41, 5.74) is 2.20. The molecule has 0 saturated heterocycles. The van der Waals surface area contributed by atoms with Crippen molar-refractivity contribution in [2.75, 3.05) is 0 Å². The van der Waals surface area contributed by atoms with Crippen LogP contribution in [0.15, 0.2) is 11.6 Å². The molecule has 4 saturated carbocycles. The largest absolute Gasteiger partial charge is 0.353 e. The summed E-state index contributed by atoms with van der Waals surface area (Å²) in [6.45, 7) is 17.7. The van der Waals surface area contributed by atoms with Crippen molar-refractivity contribution >= 4 is 17.6 Å². The Bertz CT molecular complexity index is 1100. The van der Waals surface area contributed by atoms with E-state index >= 15 is 0 Å². The molecule has 6 heteroatoms. The molecule has 0 aromatic rings. The lowest BCUT2D eigenvalue weighted by atomic mass is 9.33. The minimum absolute atomic E-state index is 0.0285. The molecule has 9 atom stereocenters. The summed E-state index contributed by atoms with van der Waals surface area (Å²) in [4.78, 5) is 39.2. The number of carbonyl (C=O) groups excluding carboxylic acids is 3. The third kappa shape index (κ3) is 3.50. The fourth-order valence-corrected chi connectivity index (χ4v) is 11.0. The molecule has 0 spiro atoms. The Morgan fingerprint density at radius 2 is 1.58 bits per heavy atom. The highest BCUT2D eigenvalue weighted by atomic mass is 16.5. The number of fused-ring (bicyclic) bond motifs is 7. The van der Waals surface area contributed by atoms with E-state index in [-0.39, 0.29) is 62.6 Å². The first-order valence-corrected chi connectivity index (χ1v) is 15.0. The summed E-state index contributed by atoms with van der Waals surface area (Å²) in [7, 11) is 0. The quantitative estimate of drug-likeness (QED) is 0.305. The average Bonchev–Trinajstić information content (AvgIpc) is 2.82. The highest BCUT2D eigenvalue weighted by Crippen LogP contribution is 2.75. The normalized spacial score (nSPS) is 49.4. The number of carbonyl (C=O) groups is 3. The molecule has 5 rings (SSSR count). The van der Waals surface area contributed by atoms with Crippen LogP contribution in [0.25, 0.3) is 0 Å². The second-order valence-electron chi connectivity index (χ2n) is 15.8. The third-order valence-electron chi connectivity index (χ3n) is 13.6. The molecule has 0 aliphatic heterocycles. The first-order chi connectivity index (χ1) is 17.5. The molecule has 5 aliphatic rings. The highest BCUT2D eigenvalue weighted by Gasteiger charge is 2.70. The molecule has 0 aromatic heterocycles. The number of rotatable bonds is 2. The molecule has 38 heavy (non-hydrogen) atoms. The summed E-state index contributed by atoms with van der Waals surface area (Å²) in [5, 5.41) is 12.7. The van der Waals surface area contributed by atoms with Crippen LogP contribution in [0.2, 0.25) is 0 Å². The molecule has 6 nitrogen and oxygen atoms in total. The van der Waals surface area contributed by atoms with Gasteiger partial charge in [0.25, 0.3) is 0 Å². The number of hydroxylamine groups is 1. The van der Waals surface area contributed by atoms with Crippen LogP contribution in [-0.2, 0) is 14.4 Å². The van der Waals surface area contributed by atoms with Gasteiger partial charge in [-0.25, -0.2) is 5.48 Å². The van der Waals surface area contributed by atoms with Gasteiger partial charge in [-0.05, 0) is 103 Å². The van der Waals surface area contributed by atoms with Gasteiger partial charge in [-0.1, -0.05) is 54.0 Å². The Hall–Kier alpha value is -1.69. The number of hydrogen-bond acceptors (Lipinski definition) is 4. The Balaban J connectivity index is 1.57. The number of ketones is 1. The Morgan fingerprint density at radius 3 is 2.21 bits per heavy atom. The minimum atomic E-state index is -0.630. The smallest absolute Gasteiger partial charge is 0.249 e. The number of nitrogens with one attached hydrogen (secondary N) is 2. The number of allylic oxidation sites excluding steroid dienone is 2. The van der Waals surface area contributed by atoms with E-state index in [0.29, 0.717) is 12.3 Å². The van der Waals surface area contributed by atoms with Crippen molar-refractivity contribution in [2.45, 2.75) is 119 Å². The zero-order valence-corrected chi connectivity index (χ0v) is 24.9. The maximum atomic E-state index is 14.4. The van der Waals surface area contributed by atoms with Gasteiger partial charge in [0, 0.05) is 24.3 Å². The third-order valence-corrected chi connectivity index (χ3v) is 13.6. The van der Waals surface area contributed by atoms with Gasteiger partial charge in [0.2, 0.25) is 11.8 Å². The van der Waals surface area contributed by atoms with E-state index in [2.05, 4.69) is 46.9 Å². The Morgan fingerprint density at radius 1 is 0.921 bits per heavy atom. The molecule has 0 bridgehead atoms. The molecule has 3 N–H and O–H groups in total. The van der Waals surface area contributed by atoms with Crippen molar-refractivity contribution in [3.63, 3.8) is 0 Å². The molecule has 0 radical (unpaired) electrons. The molecule has 5 aliphatic carbocycles. The van der Waals surface area contributed by atoms with Crippen molar-refractivity contribution < 1.29 is 19.6 Å². The van der Waals surface area contributed by atoms with Gasteiger partial charge in [0.1, 0.15) is 0 Å². The van der Waals surface area contributed by atoms with Gasteiger partial charge in [-0.3, -0.25) is 19.6 Å². The van der Waals surface area contributed by atoms with Crippen LogP contribution in [0.5, 0.6) is 0 Å². The van der Waals surface area contributed by atoms with E-state index in [0.717, 1.165) is 51.4 Å². The molecule has 0 heterocycles. The predicted octanol–water partition coefficient (Wildman–Crippen LogP) is 5.98. The van der Waals surface area contributed by atoms with Crippen molar-refractivity contribution in [1.29, 1.82) is 0 Å². The van der Waals surface area contributed by atoms with Gasteiger partial charge in [-0.2, -0.15) is 0 Å². The minimum Gasteiger partial charge on any atom is -0.353 e. The zero-order valence-electron chi connectivity index (χ0n) is 24.9. The van der Waals surface area contributed by atoms with E-state index in [1.807, 2.05) is 18.5 Å². The summed E-state index contributed by atoms with van der Waals surface area (Å²) in [6.07, 6.45) is 10.5. The SMILES string of the molecule is CC(=O)N[C@H]1CC[C@]2(C)[C@H]3C(=O)C=C4[C@@H]5C[C@@](C)(C(=O)NO)CC[C@]5(C)CC[C@@]4(C)[C@]3(C)CC[C@H]2C1(C)C. The van der Waals surface area contributed by atoms with E-state index in [1.165, 1.54) is 5.57 Å². The average molecular weight is 527 g/mol. The first-order valence-electron chi connectivity index (χ1n) is 15.0. The topological polar surface area (TPSA) is 95.5 Å². The summed E-state index contributed by atoms with van der Waals surface area (Å²) in [6, 6.07) is 0.135. The van der Waals surface area contributed by atoms with Crippen LogP contribution in [0, 0.1) is 50.2 Å². The van der Waals surface area contributed by atoms with Gasteiger partial charge in [0.15, 0.2) is 5.78 Å². The standard InChI is InChI=1S/C32H50N2O4/c1-19(35)33-24-10-11-30(6)23(27(24,2)3)9-12-32(8)25(30)22(36)17-20-21-18-29(5,26(37)34-38)14-13-28(21,4)15-16-31(20,32)7/h17,21,23-25,38H,9-16,18H2,1-8H3,(H,33,35)(H,34,37)/t21-,23-,24-,25+,28+,29-,30-,31+,32+/m0/s1. The second kappa shape index (κ2) is 8.41. The van der Waals surface area contributed by atoms with Gasteiger partial charge in [0.05, 0.1) is 0 Å². The van der Waals surface area contributed by atoms with Gasteiger partial charge < -0.3 is 5.32 Å². The fraction of sp³-hybridized carbons (Fsp3) is 0.844. The molecule has 2 amide bonds. The number of hydrogen-bond donors (Lipinski definition) is 3. The Labute approximate surface area is 229 Å². The zero-order chi connectivity index (χ0) is 28.1. The monoisotopic (exact) mass is 526 g/mol. The lowest BCUT2D eigenvalue weighted by molar-refractivity contribution is -0.189. The Kier molecular flexibility index (Phi) is 6.16. The van der Waals surface area contributed by atoms with Gasteiger partial charge >= 0.3 is 0 Å². The summed E-state index contributed by atoms with van der Waals surface area (Å²) in [5.74, 6) is 0.493. The van der Waals surface area contributed by atoms with E-state index in [9.17, 15) is 19.6 Å². The molecule has 0 aromatic carbocycles. The van der Waals surface area contributed by atoms with Crippen LogP contribution in [0.4, 0.5) is 0 Å². The highest BCUT2D eigenvalue weighted by molar-refractivity contribution is 5.95. The fourth-order valence-electron chi connectivity index (χ4n) is 11.0. The van der Waals surface area contributed by atoms with E-state index in [4.69, 9.17) is 0 Å². The molecule has 4 fully saturated rings. The number of amides is 2. The summed E-state index contributed by atoms with van der Waals surface area (Å²) < 4.78 is 0. The van der Waals surface area contributed by atoms with Crippen molar-refractivity contribution in [2.24, 2.45) is 50.2 Å². The van der Waals surface area contributed by atoms with E-state index in [1.54, 1.807) is 6.92 Å². The van der Waals surface area contributed by atoms with Crippen LogP contribution in [-0.4, -0.2) is 28.8 Å². The van der Waals surface area contributed by atoms with Crippen LogP contribution >= 0.6 is 0 Å². The second-order valence-corrected chi connectivity index (χ2v) is 15.8. The van der Waals surface area contributed by atoms with Gasteiger partial charge in [-0.15, -0.1) is 0 Å². The lowest BCUT2D eigenvalue weighted by Gasteiger charge is -2.70. The molecule has 212 valence electrons. The lowest BCUT2D eigenvalue weighted by Crippen LogP contribution is -2.67. The molecule has 0 unspecified atom stereocenters. The van der Waals surface area contributed by atoms with Crippen molar-refractivity contribution in [3.05, 3.63) is 11.6 Å². The van der Waals surface area contributed by atoms with Crippen LogP contribution < -0.4 is 10.8 Å². The first kappa shape index (κ1) is 27.9.